The van der Waals surface area contributed by atoms with Gasteiger partial charge >= 0.3 is 0 Å². The van der Waals surface area contributed by atoms with Gasteiger partial charge in [0.1, 0.15) is 0 Å². The van der Waals surface area contributed by atoms with Crippen LogP contribution in [-0.2, 0) is 4.74 Å². The Morgan fingerprint density at radius 1 is 1.60 bits per heavy atom. The first-order valence-corrected chi connectivity index (χ1v) is 6.54. The van der Waals surface area contributed by atoms with Gasteiger partial charge in [-0.15, -0.1) is 0 Å². The molecular formula is C14H19FN2O3. The van der Waals surface area contributed by atoms with E-state index in [2.05, 4.69) is 5.32 Å². The van der Waals surface area contributed by atoms with Crippen LogP contribution < -0.4 is 10.1 Å². The minimum Gasteiger partial charge on any atom is -0.494 e. The molecule has 0 aliphatic carbocycles. The number of hydrogen-bond acceptors (Lipinski definition) is 4. The molecule has 1 aliphatic rings. The maximum atomic E-state index is 13.4. The van der Waals surface area contributed by atoms with Gasteiger partial charge in [-0.05, 0) is 25.2 Å². The maximum absolute atomic E-state index is 13.4. The van der Waals surface area contributed by atoms with E-state index in [-0.39, 0.29) is 17.8 Å². The fraction of sp³-hybridized carbons (Fsp3) is 0.500. The zero-order valence-electron chi connectivity index (χ0n) is 11.7. The average Bonchev–Trinajstić information content (AvgIpc) is 2.48. The molecule has 1 aromatic carbocycles. The number of morpholine rings is 1. The number of benzene rings is 1. The van der Waals surface area contributed by atoms with Gasteiger partial charge in [-0.1, -0.05) is 0 Å². The second-order valence-electron chi connectivity index (χ2n) is 4.65. The second kappa shape index (κ2) is 6.67. The van der Waals surface area contributed by atoms with Crippen molar-refractivity contribution in [2.24, 2.45) is 0 Å². The molecular weight excluding hydrogens is 263 g/mol. The van der Waals surface area contributed by atoms with Crippen molar-refractivity contribution in [1.82, 2.24) is 10.2 Å². The summed E-state index contributed by atoms with van der Waals surface area (Å²) in [5.41, 5.74) is 0.424. The highest BCUT2D eigenvalue weighted by Gasteiger charge is 2.25. The van der Waals surface area contributed by atoms with Crippen molar-refractivity contribution in [1.29, 1.82) is 0 Å². The maximum Gasteiger partial charge on any atom is 0.254 e. The first-order valence-electron chi connectivity index (χ1n) is 6.54. The van der Waals surface area contributed by atoms with Gasteiger partial charge in [0.25, 0.3) is 5.91 Å². The molecule has 0 saturated carbocycles. The molecule has 2 rings (SSSR count). The van der Waals surface area contributed by atoms with E-state index in [0.29, 0.717) is 31.8 Å². The van der Waals surface area contributed by atoms with Crippen LogP contribution in [0.25, 0.3) is 0 Å². The Morgan fingerprint density at radius 2 is 2.40 bits per heavy atom. The average molecular weight is 282 g/mol. The number of hydrogen-bond donors (Lipinski definition) is 1. The second-order valence-corrected chi connectivity index (χ2v) is 4.65. The van der Waals surface area contributed by atoms with Crippen molar-refractivity contribution >= 4 is 5.91 Å². The zero-order chi connectivity index (χ0) is 14.5. The van der Waals surface area contributed by atoms with Crippen molar-refractivity contribution in [3.63, 3.8) is 0 Å². The number of ether oxygens (including phenoxy) is 2. The number of likely N-dealkylation sites (N-methyl/N-ethyl adjacent to an activating group) is 1. The quantitative estimate of drug-likeness (QED) is 0.891. The Morgan fingerprint density at radius 3 is 3.10 bits per heavy atom. The van der Waals surface area contributed by atoms with Gasteiger partial charge in [0.05, 0.1) is 19.8 Å². The Bertz CT molecular complexity index is 479. The minimum absolute atomic E-state index is 0.0138. The molecule has 1 fully saturated rings. The van der Waals surface area contributed by atoms with E-state index in [0.717, 1.165) is 0 Å². The monoisotopic (exact) mass is 282 g/mol. The van der Waals surface area contributed by atoms with Crippen LogP contribution in [0.2, 0.25) is 0 Å². The summed E-state index contributed by atoms with van der Waals surface area (Å²) in [4.78, 5) is 14.1. The summed E-state index contributed by atoms with van der Waals surface area (Å²) in [5, 5.41) is 3.03. The summed E-state index contributed by atoms with van der Waals surface area (Å²) >= 11 is 0. The molecule has 1 atom stereocenters. The summed E-state index contributed by atoms with van der Waals surface area (Å²) in [6.45, 7) is 2.27. The van der Waals surface area contributed by atoms with Gasteiger partial charge in [-0.2, -0.15) is 0 Å². The molecule has 0 spiro atoms. The van der Waals surface area contributed by atoms with E-state index >= 15 is 0 Å². The SMILES string of the molecule is CNCC1CN(C(=O)c2ccc(F)c(OC)c2)CCO1. The molecule has 20 heavy (non-hydrogen) atoms. The predicted molar refractivity (Wildman–Crippen MR) is 72.5 cm³/mol. The highest BCUT2D eigenvalue weighted by atomic mass is 19.1. The summed E-state index contributed by atoms with van der Waals surface area (Å²) in [5.74, 6) is -0.525. The van der Waals surface area contributed by atoms with Crippen molar-refractivity contribution in [3.05, 3.63) is 29.6 Å². The van der Waals surface area contributed by atoms with Crippen LogP contribution in [-0.4, -0.2) is 57.3 Å². The van der Waals surface area contributed by atoms with E-state index in [1.54, 1.807) is 4.90 Å². The molecule has 1 aromatic rings. The molecule has 1 saturated heterocycles. The summed E-state index contributed by atoms with van der Waals surface area (Å²) < 4.78 is 23.8. The van der Waals surface area contributed by atoms with Crippen LogP contribution in [0, 0.1) is 5.82 Å². The minimum atomic E-state index is -0.473. The van der Waals surface area contributed by atoms with E-state index < -0.39 is 5.82 Å². The number of nitrogens with one attached hydrogen (secondary N) is 1. The number of nitrogens with zero attached hydrogens (tertiary/aromatic N) is 1. The smallest absolute Gasteiger partial charge is 0.254 e. The van der Waals surface area contributed by atoms with Crippen molar-refractivity contribution in [3.8, 4) is 5.75 Å². The van der Waals surface area contributed by atoms with Crippen LogP contribution >= 0.6 is 0 Å². The third-order valence-corrected chi connectivity index (χ3v) is 3.26. The highest BCUT2D eigenvalue weighted by molar-refractivity contribution is 5.94. The lowest BCUT2D eigenvalue weighted by Gasteiger charge is -2.33. The van der Waals surface area contributed by atoms with Gasteiger partial charge in [-0.3, -0.25) is 4.79 Å². The van der Waals surface area contributed by atoms with Gasteiger partial charge in [0, 0.05) is 25.2 Å². The predicted octanol–water partition coefficient (Wildman–Crippen LogP) is 0.895. The van der Waals surface area contributed by atoms with E-state index in [1.165, 1.54) is 25.3 Å². The van der Waals surface area contributed by atoms with Gasteiger partial charge < -0.3 is 19.7 Å². The molecule has 5 nitrogen and oxygen atoms in total. The first-order chi connectivity index (χ1) is 9.65. The highest BCUT2D eigenvalue weighted by Crippen LogP contribution is 2.20. The lowest BCUT2D eigenvalue weighted by atomic mass is 10.1. The number of carbonyl (C=O) groups is 1. The van der Waals surface area contributed by atoms with Crippen LogP contribution in [0.15, 0.2) is 18.2 Å². The lowest BCUT2D eigenvalue weighted by molar-refractivity contribution is -0.0196. The fourth-order valence-corrected chi connectivity index (χ4v) is 2.23. The number of halogens is 1. The third kappa shape index (κ3) is 3.26. The molecule has 6 heteroatoms. The van der Waals surface area contributed by atoms with Gasteiger partial charge in [0.15, 0.2) is 11.6 Å². The lowest BCUT2D eigenvalue weighted by Crippen LogP contribution is -2.48. The molecule has 1 unspecified atom stereocenters. The van der Waals surface area contributed by atoms with Crippen molar-refractivity contribution < 1.29 is 18.7 Å². The van der Waals surface area contributed by atoms with Gasteiger partial charge in [0.2, 0.25) is 0 Å². The Hall–Kier alpha value is -1.66. The largest absolute Gasteiger partial charge is 0.494 e. The molecule has 110 valence electrons. The molecule has 1 aliphatic heterocycles. The summed E-state index contributed by atoms with van der Waals surface area (Å²) in [6.07, 6.45) is -0.0138. The van der Waals surface area contributed by atoms with Crippen LogP contribution in [0.5, 0.6) is 5.75 Å². The molecule has 0 aromatic heterocycles. The topological polar surface area (TPSA) is 50.8 Å². The van der Waals surface area contributed by atoms with Crippen LogP contribution in [0.1, 0.15) is 10.4 Å². The number of rotatable bonds is 4. The molecule has 1 amide bonds. The van der Waals surface area contributed by atoms with Crippen molar-refractivity contribution in [2.45, 2.75) is 6.10 Å². The first kappa shape index (κ1) is 14.7. The fourth-order valence-electron chi connectivity index (χ4n) is 2.23. The normalized spacial score (nSPS) is 18.9. The standard InChI is InChI=1S/C14H19FN2O3/c1-16-8-11-9-17(5-6-20-11)14(18)10-3-4-12(15)13(7-10)19-2/h3-4,7,11,16H,5-6,8-9H2,1-2H3. The third-order valence-electron chi connectivity index (χ3n) is 3.26. The Kier molecular flexibility index (Phi) is 4.92. The van der Waals surface area contributed by atoms with Crippen molar-refractivity contribution in [2.75, 3.05) is 40.4 Å². The van der Waals surface area contributed by atoms with E-state index in [1.807, 2.05) is 7.05 Å². The summed E-state index contributed by atoms with van der Waals surface area (Å²) in [7, 11) is 3.22. The Balaban J connectivity index is 2.10. The van der Waals surface area contributed by atoms with E-state index in [9.17, 15) is 9.18 Å². The van der Waals surface area contributed by atoms with Crippen LogP contribution in [0.3, 0.4) is 0 Å². The Labute approximate surface area is 117 Å². The molecule has 1 heterocycles. The summed E-state index contributed by atoms with van der Waals surface area (Å²) in [6, 6.07) is 4.15. The zero-order valence-corrected chi connectivity index (χ0v) is 11.7. The van der Waals surface area contributed by atoms with Gasteiger partial charge in [-0.25, -0.2) is 4.39 Å². The number of carbonyl (C=O) groups excluding carboxylic acids is 1. The number of amides is 1. The molecule has 0 bridgehead atoms. The van der Waals surface area contributed by atoms with Crippen LogP contribution in [0.4, 0.5) is 4.39 Å². The number of methoxy groups -OCH3 is 1. The molecule has 0 radical (unpaired) electrons. The molecule has 1 N–H and O–H groups in total. The van der Waals surface area contributed by atoms with E-state index in [4.69, 9.17) is 9.47 Å².